The van der Waals surface area contributed by atoms with Gasteiger partial charge in [0.1, 0.15) is 0 Å². The molecule has 0 saturated carbocycles. The molecule has 26 heavy (non-hydrogen) atoms. The number of nitrogens with one attached hydrogen (secondary N) is 2. The number of benzene rings is 1. The number of amides is 1. The summed E-state index contributed by atoms with van der Waals surface area (Å²) in [6.07, 6.45) is 9.44. The molecule has 1 aromatic carbocycles. The van der Waals surface area contributed by atoms with Gasteiger partial charge in [0.25, 0.3) is 5.91 Å². The van der Waals surface area contributed by atoms with Crippen LogP contribution in [0.3, 0.4) is 0 Å². The van der Waals surface area contributed by atoms with Gasteiger partial charge in [0.05, 0.1) is 37.6 Å². The third-order valence-electron chi connectivity index (χ3n) is 5.19. The Morgan fingerprint density at radius 1 is 1.19 bits per heavy atom. The van der Waals surface area contributed by atoms with Crippen LogP contribution in [0.2, 0.25) is 0 Å². The van der Waals surface area contributed by atoms with Crippen molar-refractivity contribution < 1.29 is 18.1 Å². The Morgan fingerprint density at radius 3 is 2.58 bits per heavy atom. The van der Waals surface area contributed by atoms with E-state index in [1.165, 1.54) is 17.5 Å². The second-order valence-corrected chi connectivity index (χ2v) is 8.89. The normalized spacial score (nSPS) is 18.7. The molecular weight excluding hydrogens is 350 g/mol. The number of aryl methyl sites for hydroxylation is 2. The first kappa shape index (κ1) is 18.9. The highest BCUT2D eigenvalue weighted by Crippen LogP contribution is 2.25. The van der Waals surface area contributed by atoms with Crippen molar-refractivity contribution in [3.63, 3.8) is 0 Å². The summed E-state index contributed by atoms with van der Waals surface area (Å²) in [5.74, 6) is 2.28. The summed E-state index contributed by atoms with van der Waals surface area (Å²) in [6, 6.07) is 5.57. The highest BCUT2D eigenvalue weighted by atomic mass is 32.2. The fourth-order valence-corrected chi connectivity index (χ4v) is 5.17. The van der Waals surface area contributed by atoms with Crippen molar-refractivity contribution in [2.24, 2.45) is 0 Å². The van der Waals surface area contributed by atoms with E-state index < -0.39 is 10.0 Å². The lowest BCUT2D eigenvalue weighted by molar-refractivity contribution is -0.895. The zero-order valence-corrected chi connectivity index (χ0v) is 15.8. The van der Waals surface area contributed by atoms with Gasteiger partial charge in [-0.25, -0.2) is 8.42 Å². The van der Waals surface area contributed by atoms with Gasteiger partial charge in [0.15, 0.2) is 6.54 Å². The summed E-state index contributed by atoms with van der Waals surface area (Å²) in [5.41, 5.74) is 2.45. The maximum Gasteiger partial charge on any atom is 0.275 e. The fraction of sp³-hybridized carbons (Fsp3) is 0.526. The van der Waals surface area contributed by atoms with E-state index >= 15 is 0 Å². The van der Waals surface area contributed by atoms with Crippen LogP contribution in [-0.4, -0.2) is 57.9 Å². The number of quaternary nitrogens is 1. The largest absolute Gasteiger partial charge is 0.340 e. The first-order chi connectivity index (χ1) is 12.5. The van der Waals surface area contributed by atoms with Gasteiger partial charge in [0.2, 0.25) is 10.0 Å². The van der Waals surface area contributed by atoms with Crippen molar-refractivity contribution in [1.82, 2.24) is 9.62 Å². The molecule has 1 amide bonds. The first-order valence-corrected chi connectivity index (χ1v) is 10.6. The number of hydrogen-bond donors (Lipinski definition) is 2. The summed E-state index contributed by atoms with van der Waals surface area (Å²) >= 11 is 0. The van der Waals surface area contributed by atoms with Gasteiger partial charge < -0.3 is 10.2 Å². The maximum atomic E-state index is 13.0. The van der Waals surface area contributed by atoms with Gasteiger partial charge in [-0.3, -0.25) is 4.79 Å². The number of hydrogen-bond acceptors (Lipinski definition) is 3. The zero-order chi connectivity index (χ0) is 18.6. The molecule has 1 aliphatic heterocycles. The molecular formula is C19H26N3O3S+. The molecule has 0 bridgehead atoms. The van der Waals surface area contributed by atoms with Crippen LogP contribution >= 0.6 is 0 Å². The molecule has 1 heterocycles. The molecule has 1 aromatic rings. The second-order valence-electron chi connectivity index (χ2n) is 6.95. The molecule has 0 atom stereocenters. The monoisotopic (exact) mass is 376 g/mol. The SMILES string of the molecule is C#CCNC(=O)C[NH+]1CCN(S(=O)(=O)c2ccc3c(c2)CCCC3)CC1. The van der Waals surface area contributed by atoms with Crippen LogP contribution in [0.5, 0.6) is 0 Å². The average Bonchev–Trinajstić information content (AvgIpc) is 2.66. The first-order valence-electron chi connectivity index (χ1n) is 9.16. The number of sulfonamides is 1. The molecule has 2 aliphatic rings. The Labute approximate surface area is 155 Å². The van der Waals surface area contributed by atoms with Gasteiger partial charge in [-0.05, 0) is 48.9 Å². The standard InChI is InChI=1S/C19H25N3O3S/c1-2-9-20-19(23)15-21-10-12-22(13-11-21)26(24,25)18-8-7-16-5-3-4-6-17(16)14-18/h1,7-8,14H,3-6,9-13,15H2,(H,20,23)/p+1. The lowest BCUT2D eigenvalue weighted by Crippen LogP contribution is -3.15. The Hall–Kier alpha value is -1.88. The molecule has 0 radical (unpaired) electrons. The highest BCUT2D eigenvalue weighted by Gasteiger charge is 2.31. The molecule has 0 unspecified atom stereocenters. The topological polar surface area (TPSA) is 70.9 Å². The molecule has 2 N–H and O–H groups in total. The van der Waals surface area contributed by atoms with E-state index in [0.29, 0.717) is 37.6 Å². The van der Waals surface area contributed by atoms with E-state index in [0.717, 1.165) is 24.2 Å². The molecule has 1 fully saturated rings. The Morgan fingerprint density at radius 2 is 1.88 bits per heavy atom. The number of terminal acetylenes is 1. The molecule has 140 valence electrons. The summed E-state index contributed by atoms with van der Waals surface area (Å²) in [7, 11) is -3.47. The Balaban J connectivity index is 1.61. The maximum absolute atomic E-state index is 13.0. The van der Waals surface area contributed by atoms with Crippen LogP contribution in [0.1, 0.15) is 24.0 Å². The van der Waals surface area contributed by atoms with Gasteiger partial charge in [-0.1, -0.05) is 12.0 Å². The molecule has 1 saturated heterocycles. The number of fused-ring (bicyclic) bond motifs is 1. The van der Waals surface area contributed by atoms with Crippen molar-refractivity contribution in [3.05, 3.63) is 29.3 Å². The third kappa shape index (κ3) is 4.26. The molecule has 3 rings (SSSR count). The highest BCUT2D eigenvalue weighted by molar-refractivity contribution is 7.89. The van der Waals surface area contributed by atoms with Crippen LogP contribution in [-0.2, 0) is 27.7 Å². The smallest absolute Gasteiger partial charge is 0.275 e. The van der Waals surface area contributed by atoms with Crippen molar-refractivity contribution in [1.29, 1.82) is 0 Å². The van der Waals surface area contributed by atoms with Crippen LogP contribution < -0.4 is 10.2 Å². The molecule has 6 nitrogen and oxygen atoms in total. The van der Waals surface area contributed by atoms with E-state index in [2.05, 4.69) is 11.2 Å². The van der Waals surface area contributed by atoms with E-state index in [-0.39, 0.29) is 12.5 Å². The molecule has 0 aromatic heterocycles. The minimum Gasteiger partial charge on any atom is -0.340 e. The number of carbonyl (C=O) groups is 1. The van der Waals surface area contributed by atoms with Crippen LogP contribution in [0.25, 0.3) is 0 Å². The Bertz CT molecular complexity index is 806. The van der Waals surface area contributed by atoms with Crippen molar-refractivity contribution in [2.45, 2.75) is 30.6 Å². The van der Waals surface area contributed by atoms with E-state index in [9.17, 15) is 13.2 Å². The van der Waals surface area contributed by atoms with Crippen LogP contribution in [0.15, 0.2) is 23.1 Å². The van der Waals surface area contributed by atoms with E-state index in [1.54, 1.807) is 10.4 Å². The predicted octanol–water partition coefficient (Wildman–Crippen LogP) is -0.796. The van der Waals surface area contributed by atoms with Gasteiger partial charge in [-0.2, -0.15) is 4.31 Å². The number of carbonyl (C=O) groups excluding carboxylic acids is 1. The summed E-state index contributed by atoms with van der Waals surface area (Å²) in [6.45, 7) is 2.65. The lowest BCUT2D eigenvalue weighted by atomic mass is 9.92. The Kier molecular flexibility index (Phi) is 5.97. The van der Waals surface area contributed by atoms with Crippen molar-refractivity contribution >= 4 is 15.9 Å². The van der Waals surface area contributed by atoms with Gasteiger partial charge >= 0.3 is 0 Å². The van der Waals surface area contributed by atoms with E-state index in [1.807, 2.05) is 12.1 Å². The molecule has 0 spiro atoms. The zero-order valence-electron chi connectivity index (χ0n) is 15.0. The van der Waals surface area contributed by atoms with Crippen molar-refractivity contribution in [3.8, 4) is 12.3 Å². The van der Waals surface area contributed by atoms with Crippen LogP contribution in [0.4, 0.5) is 0 Å². The lowest BCUT2D eigenvalue weighted by Gasteiger charge is -2.31. The summed E-state index contributed by atoms with van der Waals surface area (Å²) in [4.78, 5) is 13.2. The molecule has 1 aliphatic carbocycles. The average molecular weight is 377 g/mol. The van der Waals surface area contributed by atoms with Gasteiger partial charge in [-0.15, -0.1) is 6.42 Å². The minimum absolute atomic E-state index is 0.0936. The molecule has 7 heteroatoms. The van der Waals surface area contributed by atoms with Crippen molar-refractivity contribution in [2.75, 3.05) is 39.3 Å². The number of rotatable bonds is 5. The second kappa shape index (κ2) is 8.21. The fourth-order valence-electron chi connectivity index (χ4n) is 3.68. The summed E-state index contributed by atoms with van der Waals surface area (Å²) < 4.78 is 27.5. The minimum atomic E-state index is -3.47. The number of nitrogens with zero attached hydrogens (tertiary/aromatic N) is 1. The quantitative estimate of drug-likeness (QED) is 0.662. The van der Waals surface area contributed by atoms with E-state index in [4.69, 9.17) is 6.42 Å². The van der Waals surface area contributed by atoms with Crippen LogP contribution in [0, 0.1) is 12.3 Å². The van der Waals surface area contributed by atoms with Gasteiger partial charge in [0, 0.05) is 0 Å². The number of piperazine rings is 1. The third-order valence-corrected chi connectivity index (χ3v) is 7.08. The predicted molar refractivity (Wildman–Crippen MR) is 99.2 cm³/mol. The summed E-state index contributed by atoms with van der Waals surface area (Å²) in [5, 5.41) is 2.65.